The molecule has 1 saturated carbocycles. The molecule has 1 aromatic carbocycles. The SMILES string of the molecule is CC1CCC(Oc2ccc(Cl)cc2C(=O)O)CC1. The predicted molar refractivity (Wildman–Crippen MR) is 70.5 cm³/mol. The van der Waals surface area contributed by atoms with Crippen molar-refractivity contribution >= 4 is 17.6 Å². The second-order valence-corrected chi connectivity index (χ2v) is 5.38. The fourth-order valence-electron chi connectivity index (χ4n) is 2.30. The molecule has 3 nitrogen and oxygen atoms in total. The molecule has 0 heterocycles. The van der Waals surface area contributed by atoms with Gasteiger partial charge in [-0.05, 0) is 49.8 Å². The Morgan fingerprint density at radius 1 is 1.33 bits per heavy atom. The predicted octanol–water partition coefficient (Wildman–Crippen LogP) is 4.00. The third-order valence-electron chi connectivity index (χ3n) is 3.43. The van der Waals surface area contributed by atoms with Crippen LogP contribution >= 0.6 is 11.6 Å². The van der Waals surface area contributed by atoms with Gasteiger partial charge < -0.3 is 9.84 Å². The average molecular weight is 269 g/mol. The zero-order chi connectivity index (χ0) is 13.1. The minimum Gasteiger partial charge on any atom is -0.490 e. The molecule has 0 unspecified atom stereocenters. The fourth-order valence-corrected chi connectivity index (χ4v) is 2.47. The van der Waals surface area contributed by atoms with Gasteiger partial charge in [-0.2, -0.15) is 0 Å². The Kier molecular flexibility index (Phi) is 4.12. The smallest absolute Gasteiger partial charge is 0.339 e. The quantitative estimate of drug-likeness (QED) is 0.901. The van der Waals surface area contributed by atoms with Gasteiger partial charge in [0.05, 0.1) is 6.10 Å². The number of carboxylic acids is 1. The van der Waals surface area contributed by atoms with Crippen LogP contribution in [0.25, 0.3) is 0 Å². The van der Waals surface area contributed by atoms with E-state index in [1.165, 1.54) is 6.07 Å². The zero-order valence-corrected chi connectivity index (χ0v) is 11.1. The Balaban J connectivity index is 2.11. The number of hydrogen-bond acceptors (Lipinski definition) is 2. The van der Waals surface area contributed by atoms with Gasteiger partial charge in [0.2, 0.25) is 0 Å². The molecule has 18 heavy (non-hydrogen) atoms. The minimum absolute atomic E-state index is 0.125. The first kappa shape index (κ1) is 13.2. The van der Waals surface area contributed by atoms with E-state index in [9.17, 15) is 4.79 Å². The Bertz CT molecular complexity index is 437. The van der Waals surface area contributed by atoms with Crippen molar-refractivity contribution in [2.24, 2.45) is 5.92 Å². The van der Waals surface area contributed by atoms with Crippen LogP contribution in [0, 0.1) is 5.92 Å². The number of ether oxygens (including phenoxy) is 1. The van der Waals surface area contributed by atoms with E-state index in [0.717, 1.165) is 31.6 Å². The van der Waals surface area contributed by atoms with Crippen LogP contribution in [0.5, 0.6) is 5.75 Å². The zero-order valence-electron chi connectivity index (χ0n) is 10.4. The summed E-state index contributed by atoms with van der Waals surface area (Å²) in [5.74, 6) is 0.164. The standard InChI is InChI=1S/C14H17ClO3/c1-9-2-5-11(6-3-9)18-13-7-4-10(15)8-12(13)14(16)17/h4,7-9,11H,2-3,5-6H2,1H3,(H,16,17). The molecule has 0 spiro atoms. The maximum atomic E-state index is 11.1. The highest BCUT2D eigenvalue weighted by Crippen LogP contribution is 2.30. The van der Waals surface area contributed by atoms with E-state index in [4.69, 9.17) is 21.4 Å². The summed E-state index contributed by atoms with van der Waals surface area (Å²) < 4.78 is 5.81. The van der Waals surface area contributed by atoms with Crippen molar-refractivity contribution in [3.8, 4) is 5.75 Å². The Hall–Kier alpha value is -1.22. The van der Waals surface area contributed by atoms with Crippen LogP contribution in [0.1, 0.15) is 43.0 Å². The lowest BCUT2D eigenvalue weighted by Crippen LogP contribution is -2.23. The molecule has 1 aliphatic carbocycles. The average Bonchev–Trinajstić information content (AvgIpc) is 2.34. The van der Waals surface area contributed by atoms with Crippen LogP contribution in [0.2, 0.25) is 5.02 Å². The maximum Gasteiger partial charge on any atom is 0.339 e. The molecular weight excluding hydrogens is 252 g/mol. The van der Waals surface area contributed by atoms with Crippen molar-refractivity contribution in [2.45, 2.75) is 38.7 Å². The first-order valence-corrected chi connectivity index (χ1v) is 6.63. The summed E-state index contributed by atoms with van der Waals surface area (Å²) in [6.07, 6.45) is 4.38. The van der Waals surface area contributed by atoms with Gasteiger partial charge >= 0.3 is 5.97 Å². The number of carbonyl (C=O) groups is 1. The number of hydrogen-bond donors (Lipinski definition) is 1. The van der Waals surface area contributed by atoms with E-state index in [1.807, 2.05) is 0 Å². The van der Waals surface area contributed by atoms with Crippen molar-refractivity contribution in [1.29, 1.82) is 0 Å². The summed E-state index contributed by atoms with van der Waals surface area (Å²) in [4.78, 5) is 11.1. The highest BCUT2D eigenvalue weighted by atomic mass is 35.5. The van der Waals surface area contributed by atoms with E-state index in [2.05, 4.69) is 6.92 Å². The third kappa shape index (κ3) is 3.16. The van der Waals surface area contributed by atoms with Gasteiger partial charge in [-0.15, -0.1) is 0 Å². The van der Waals surface area contributed by atoms with E-state index >= 15 is 0 Å². The number of aromatic carboxylic acids is 1. The molecule has 0 radical (unpaired) electrons. The lowest BCUT2D eigenvalue weighted by molar-refractivity contribution is 0.0684. The monoisotopic (exact) mass is 268 g/mol. The molecule has 1 aliphatic rings. The van der Waals surface area contributed by atoms with Gasteiger partial charge in [-0.1, -0.05) is 18.5 Å². The lowest BCUT2D eigenvalue weighted by atomic mass is 9.89. The van der Waals surface area contributed by atoms with E-state index < -0.39 is 5.97 Å². The molecule has 0 aromatic heterocycles. The lowest BCUT2D eigenvalue weighted by Gasteiger charge is -2.27. The fraction of sp³-hybridized carbons (Fsp3) is 0.500. The molecule has 0 bridgehead atoms. The molecule has 1 N–H and O–H groups in total. The van der Waals surface area contributed by atoms with Crippen LogP contribution in [0.3, 0.4) is 0 Å². The molecule has 98 valence electrons. The van der Waals surface area contributed by atoms with E-state index in [1.54, 1.807) is 12.1 Å². The second-order valence-electron chi connectivity index (χ2n) is 4.95. The molecule has 1 aromatic rings. The number of carboxylic acid groups (broad SMARTS) is 1. The molecule has 0 atom stereocenters. The second kappa shape index (κ2) is 5.61. The third-order valence-corrected chi connectivity index (χ3v) is 3.66. The highest BCUT2D eigenvalue weighted by molar-refractivity contribution is 6.31. The van der Waals surface area contributed by atoms with Crippen molar-refractivity contribution in [3.63, 3.8) is 0 Å². The Labute approximate surface area is 112 Å². The van der Waals surface area contributed by atoms with Crippen LogP contribution in [0.4, 0.5) is 0 Å². The molecule has 0 amide bonds. The molecular formula is C14H17ClO3. The summed E-state index contributed by atoms with van der Waals surface area (Å²) in [5, 5.41) is 9.54. The normalized spacial score (nSPS) is 23.7. The van der Waals surface area contributed by atoms with E-state index in [-0.39, 0.29) is 11.7 Å². The topological polar surface area (TPSA) is 46.5 Å². The van der Waals surface area contributed by atoms with Gasteiger partial charge in [0.1, 0.15) is 11.3 Å². The van der Waals surface area contributed by atoms with Crippen LogP contribution in [-0.4, -0.2) is 17.2 Å². The summed E-state index contributed by atoms with van der Waals surface area (Å²) in [5.41, 5.74) is 0.140. The van der Waals surface area contributed by atoms with Gasteiger partial charge in [-0.3, -0.25) is 0 Å². The summed E-state index contributed by atoms with van der Waals surface area (Å²) in [6, 6.07) is 4.74. The van der Waals surface area contributed by atoms with Gasteiger partial charge in [0.15, 0.2) is 0 Å². The van der Waals surface area contributed by atoms with Crippen LogP contribution in [-0.2, 0) is 0 Å². The number of halogens is 1. The molecule has 2 rings (SSSR count). The number of benzene rings is 1. The van der Waals surface area contributed by atoms with Crippen molar-refractivity contribution in [3.05, 3.63) is 28.8 Å². The van der Waals surface area contributed by atoms with Crippen molar-refractivity contribution in [1.82, 2.24) is 0 Å². The van der Waals surface area contributed by atoms with Gasteiger partial charge in [0, 0.05) is 5.02 Å². The largest absolute Gasteiger partial charge is 0.490 e. The molecule has 4 heteroatoms. The van der Waals surface area contributed by atoms with Gasteiger partial charge in [-0.25, -0.2) is 4.79 Å². The molecule has 1 fully saturated rings. The summed E-state index contributed by atoms with van der Waals surface area (Å²) in [7, 11) is 0. The summed E-state index contributed by atoms with van der Waals surface area (Å²) in [6.45, 7) is 2.24. The van der Waals surface area contributed by atoms with Gasteiger partial charge in [0.25, 0.3) is 0 Å². The number of rotatable bonds is 3. The van der Waals surface area contributed by atoms with Crippen molar-refractivity contribution in [2.75, 3.05) is 0 Å². The Morgan fingerprint density at radius 3 is 2.61 bits per heavy atom. The highest BCUT2D eigenvalue weighted by Gasteiger charge is 2.21. The first-order chi connectivity index (χ1) is 8.56. The Morgan fingerprint density at radius 2 is 2.00 bits per heavy atom. The minimum atomic E-state index is -1.00. The summed E-state index contributed by atoms with van der Waals surface area (Å²) >= 11 is 5.80. The first-order valence-electron chi connectivity index (χ1n) is 6.25. The van der Waals surface area contributed by atoms with E-state index in [0.29, 0.717) is 10.8 Å². The molecule has 0 saturated heterocycles. The van der Waals surface area contributed by atoms with Crippen LogP contribution in [0.15, 0.2) is 18.2 Å². The van der Waals surface area contributed by atoms with Crippen LogP contribution < -0.4 is 4.74 Å². The van der Waals surface area contributed by atoms with Crippen molar-refractivity contribution < 1.29 is 14.6 Å². The maximum absolute atomic E-state index is 11.1. The molecule has 0 aliphatic heterocycles.